The lowest BCUT2D eigenvalue weighted by Crippen LogP contribution is -2.36. The Kier molecular flexibility index (Phi) is 8.33. The molecule has 0 aliphatic heterocycles. The highest BCUT2D eigenvalue weighted by molar-refractivity contribution is 5.83. The van der Waals surface area contributed by atoms with Gasteiger partial charge in [-0.1, -0.05) is 18.2 Å². The lowest BCUT2D eigenvalue weighted by Gasteiger charge is -2.14. The number of carbonyl (C=O) groups is 2. The normalized spacial score (nSPS) is 11.4. The summed E-state index contributed by atoms with van der Waals surface area (Å²) in [5, 5.41) is 12.5. The largest absolute Gasteiger partial charge is 0.504 e. The summed E-state index contributed by atoms with van der Waals surface area (Å²) in [4.78, 5) is 24.1. The van der Waals surface area contributed by atoms with Crippen LogP contribution in [0.5, 0.6) is 17.2 Å². The number of ether oxygens (including phenoxy) is 3. The molecule has 0 aliphatic rings. The average Bonchev–Trinajstić information content (AvgIpc) is 2.72. The van der Waals surface area contributed by atoms with E-state index in [1.807, 2.05) is 24.3 Å². The van der Waals surface area contributed by atoms with Gasteiger partial charge in [-0.25, -0.2) is 0 Å². The van der Waals surface area contributed by atoms with Crippen LogP contribution in [0.2, 0.25) is 0 Å². The molecule has 2 N–H and O–H groups in total. The minimum atomic E-state index is -0.873. The van der Waals surface area contributed by atoms with Crippen molar-refractivity contribution >= 4 is 11.9 Å². The van der Waals surface area contributed by atoms with Gasteiger partial charge in [0.15, 0.2) is 17.6 Å². The summed E-state index contributed by atoms with van der Waals surface area (Å²) in [6, 6.07) is 12.5. The van der Waals surface area contributed by atoms with Gasteiger partial charge in [0.1, 0.15) is 5.75 Å². The van der Waals surface area contributed by atoms with Gasteiger partial charge in [0.05, 0.1) is 14.2 Å². The van der Waals surface area contributed by atoms with Crippen molar-refractivity contribution in [1.82, 2.24) is 5.32 Å². The van der Waals surface area contributed by atoms with Crippen LogP contribution in [0.3, 0.4) is 0 Å². The van der Waals surface area contributed by atoms with Gasteiger partial charge in [0.2, 0.25) is 0 Å². The number of phenolic OH excluding ortho intramolecular Hbond substituents is 1. The Morgan fingerprint density at radius 2 is 1.69 bits per heavy atom. The molecule has 0 saturated heterocycles. The van der Waals surface area contributed by atoms with Crippen LogP contribution in [0.4, 0.5) is 0 Å². The molecule has 2 rings (SSSR count). The van der Waals surface area contributed by atoms with E-state index in [4.69, 9.17) is 14.2 Å². The minimum absolute atomic E-state index is 0.0166. The molecule has 0 aromatic heterocycles. The maximum Gasteiger partial charge on any atom is 0.306 e. The van der Waals surface area contributed by atoms with E-state index in [0.717, 1.165) is 16.9 Å². The number of amides is 1. The molecule has 0 aliphatic carbocycles. The second-order valence-electron chi connectivity index (χ2n) is 6.53. The molecule has 156 valence electrons. The number of carbonyl (C=O) groups excluding carboxylic acids is 2. The fourth-order valence-electron chi connectivity index (χ4n) is 2.71. The molecule has 0 radical (unpaired) electrons. The second kappa shape index (κ2) is 10.9. The van der Waals surface area contributed by atoms with Gasteiger partial charge in [-0.2, -0.15) is 0 Å². The third kappa shape index (κ3) is 7.03. The van der Waals surface area contributed by atoms with Gasteiger partial charge >= 0.3 is 5.97 Å². The first-order valence-electron chi connectivity index (χ1n) is 9.39. The van der Waals surface area contributed by atoms with Crippen LogP contribution in [0.15, 0.2) is 42.5 Å². The van der Waals surface area contributed by atoms with Crippen LogP contribution >= 0.6 is 0 Å². The number of hydrogen-bond donors (Lipinski definition) is 2. The first-order valence-corrected chi connectivity index (χ1v) is 9.39. The lowest BCUT2D eigenvalue weighted by atomic mass is 10.1. The van der Waals surface area contributed by atoms with Crippen LogP contribution in [0.25, 0.3) is 0 Å². The van der Waals surface area contributed by atoms with Crippen molar-refractivity contribution in [3.8, 4) is 17.2 Å². The van der Waals surface area contributed by atoms with E-state index in [1.54, 1.807) is 32.2 Å². The summed E-state index contributed by atoms with van der Waals surface area (Å²) in [6.45, 7) is 1.98. The molecule has 7 heteroatoms. The number of phenols is 1. The van der Waals surface area contributed by atoms with Crippen molar-refractivity contribution in [1.29, 1.82) is 0 Å². The first-order chi connectivity index (χ1) is 13.9. The molecular weight excluding hydrogens is 374 g/mol. The predicted molar refractivity (Wildman–Crippen MR) is 108 cm³/mol. The summed E-state index contributed by atoms with van der Waals surface area (Å²) in [5.41, 5.74) is 1.84. The Labute approximate surface area is 170 Å². The van der Waals surface area contributed by atoms with E-state index in [2.05, 4.69) is 5.32 Å². The van der Waals surface area contributed by atoms with E-state index >= 15 is 0 Å². The second-order valence-corrected chi connectivity index (χ2v) is 6.53. The van der Waals surface area contributed by atoms with Gasteiger partial charge in [0, 0.05) is 13.0 Å². The number of methoxy groups -OCH3 is 2. The summed E-state index contributed by atoms with van der Waals surface area (Å²) in [6.07, 6.45) is 0.289. The maximum atomic E-state index is 12.1. The third-order valence-electron chi connectivity index (χ3n) is 4.41. The van der Waals surface area contributed by atoms with Crippen molar-refractivity contribution < 1.29 is 28.9 Å². The predicted octanol–water partition coefficient (Wildman–Crippen LogP) is 2.63. The standard InChI is InChI=1S/C22H27NO6/c1-15(22(26)23-13-12-16-4-8-18(27-2)9-5-16)29-21(25)11-7-17-6-10-20(28-3)19(24)14-17/h4-6,8-10,14-15,24H,7,11-13H2,1-3H3,(H,23,26). The SMILES string of the molecule is COc1ccc(CCNC(=O)C(C)OC(=O)CCc2ccc(OC)c(O)c2)cc1. The first kappa shape index (κ1) is 22.1. The number of benzene rings is 2. The maximum absolute atomic E-state index is 12.1. The van der Waals surface area contributed by atoms with E-state index in [0.29, 0.717) is 25.1 Å². The zero-order chi connectivity index (χ0) is 21.2. The summed E-state index contributed by atoms with van der Waals surface area (Å²) < 4.78 is 15.3. The van der Waals surface area contributed by atoms with Gasteiger partial charge < -0.3 is 24.6 Å². The molecular formula is C22H27NO6. The Hall–Kier alpha value is -3.22. The molecule has 7 nitrogen and oxygen atoms in total. The number of esters is 1. The van der Waals surface area contributed by atoms with E-state index in [-0.39, 0.29) is 18.1 Å². The molecule has 0 heterocycles. The molecule has 1 unspecified atom stereocenters. The molecule has 2 aromatic rings. The number of nitrogens with one attached hydrogen (secondary N) is 1. The number of hydrogen-bond acceptors (Lipinski definition) is 6. The number of rotatable bonds is 10. The number of aryl methyl sites for hydroxylation is 1. The number of aromatic hydroxyl groups is 1. The highest BCUT2D eigenvalue weighted by atomic mass is 16.5. The summed E-state index contributed by atoms with van der Waals surface area (Å²) in [5.74, 6) is 0.356. The zero-order valence-corrected chi connectivity index (χ0v) is 16.9. The Bertz CT molecular complexity index is 819. The fraction of sp³-hybridized carbons (Fsp3) is 0.364. The molecule has 0 saturated carbocycles. The molecule has 2 aromatic carbocycles. The van der Waals surface area contributed by atoms with Gasteiger partial charge in [-0.05, 0) is 55.2 Å². The smallest absolute Gasteiger partial charge is 0.306 e. The molecule has 1 atom stereocenters. The van der Waals surface area contributed by atoms with Crippen LogP contribution in [-0.4, -0.2) is 43.9 Å². The van der Waals surface area contributed by atoms with Crippen LogP contribution < -0.4 is 14.8 Å². The van der Waals surface area contributed by atoms with Crippen LogP contribution in [0, 0.1) is 0 Å². The highest BCUT2D eigenvalue weighted by Crippen LogP contribution is 2.26. The third-order valence-corrected chi connectivity index (χ3v) is 4.41. The Morgan fingerprint density at radius 3 is 2.31 bits per heavy atom. The Morgan fingerprint density at radius 1 is 1.00 bits per heavy atom. The molecule has 0 spiro atoms. The molecule has 0 bridgehead atoms. The van der Waals surface area contributed by atoms with Gasteiger partial charge in [-0.3, -0.25) is 9.59 Å². The van der Waals surface area contributed by atoms with Gasteiger partial charge in [0.25, 0.3) is 5.91 Å². The van der Waals surface area contributed by atoms with Crippen molar-refractivity contribution in [3.63, 3.8) is 0 Å². The van der Waals surface area contributed by atoms with E-state index < -0.39 is 12.1 Å². The Balaban J connectivity index is 1.70. The topological polar surface area (TPSA) is 94.1 Å². The quantitative estimate of drug-likeness (QED) is 0.595. The minimum Gasteiger partial charge on any atom is -0.504 e. The zero-order valence-electron chi connectivity index (χ0n) is 16.9. The van der Waals surface area contributed by atoms with Crippen LogP contribution in [0.1, 0.15) is 24.5 Å². The van der Waals surface area contributed by atoms with Gasteiger partial charge in [-0.15, -0.1) is 0 Å². The summed E-state index contributed by atoms with van der Waals surface area (Å²) in [7, 11) is 3.08. The van der Waals surface area contributed by atoms with Crippen molar-refractivity contribution in [2.45, 2.75) is 32.3 Å². The lowest BCUT2D eigenvalue weighted by molar-refractivity contribution is -0.154. The fourth-order valence-corrected chi connectivity index (χ4v) is 2.71. The van der Waals surface area contributed by atoms with Crippen molar-refractivity contribution in [2.24, 2.45) is 0 Å². The van der Waals surface area contributed by atoms with E-state index in [9.17, 15) is 14.7 Å². The molecule has 29 heavy (non-hydrogen) atoms. The van der Waals surface area contributed by atoms with Crippen molar-refractivity contribution in [2.75, 3.05) is 20.8 Å². The van der Waals surface area contributed by atoms with Crippen molar-refractivity contribution in [3.05, 3.63) is 53.6 Å². The van der Waals surface area contributed by atoms with Crippen LogP contribution in [-0.2, 0) is 27.2 Å². The monoisotopic (exact) mass is 401 g/mol. The highest BCUT2D eigenvalue weighted by Gasteiger charge is 2.17. The summed E-state index contributed by atoms with van der Waals surface area (Å²) >= 11 is 0. The average molecular weight is 401 g/mol. The molecule has 0 fully saturated rings. The van der Waals surface area contributed by atoms with E-state index in [1.165, 1.54) is 7.11 Å². The molecule has 1 amide bonds.